The fourth-order valence-electron chi connectivity index (χ4n) is 4.34. The van der Waals surface area contributed by atoms with Gasteiger partial charge in [-0.05, 0) is 73.7 Å². The molecule has 0 bridgehead atoms. The number of fused-ring (bicyclic) bond motifs is 1. The molecule has 36 heavy (non-hydrogen) atoms. The topological polar surface area (TPSA) is 65.3 Å². The van der Waals surface area contributed by atoms with Crippen LogP contribution in [-0.4, -0.2) is 38.7 Å². The van der Waals surface area contributed by atoms with E-state index in [1.165, 1.54) is 51.6 Å². The standard InChI is InChI=1S/C26H22F3N3O3S/c1-26(11-12-36-15-26)30-23(33)16-5-10-21-22(13-16)31(18-8-6-17(27)7-9-18)25(34)32(21)19-3-2-4-20(14-19)35-24(28)29/h2-10,13-14,24H,11-12,15H2,1H3,(H,30,33). The van der Waals surface area contributed by atoms with Crippen molar-refractivity contribution in [2.24, 2.45) is 0 Å². The molecule has 5 rings (SSSR count). The lowest BCUT2D eigenvalue weighted by Gasteiger charge is -2.24. The van der Waals surface area contributed by atoms with Gasteiger partial charge in [0.15, 0.2) is 0 Å². The van der Waals surface area contributed by atoms with Crippen LogP contribution in [0.5, 0.6) is 5.75 Å². The highest BCUT2D eigenvalue weighted by Gasteiger charge is 2.31. The molecule has 1 amide bonds. The summed E-state index contributed by atoms with van der Waals surface area (Å²) in [5, 5.41) is 3.09. The third kappa shape index (κ3) is 4.60. The number of benzene rings is 3. The summed E-state index contributed by atoms with van der Waals surface area (Å²) in [4.78, 5) is 26.8. The van der Waals surface area contributed by atoms with Gasteiger partial charge in [-0.2, -0.15) is 20.5 Å². The molecule has 1 fully saturated rings. The molecule has 6 nitrogen and oxygen atoms in total. The van der Waals surface area contributed by atoms with Gasteiger partial charge in [-0.1, -0.05) is 6.07 Å². The first-order valence-electron chi connectivity index (χ1n) is 11.2. The molecule has 1 aromatic heterocycles. The maximum atomic E-state index is 13.7. The number of nitrogens with one attached hydrogen (secondary N) is 1. The predicted molar refractivity (Wildman–Crippen MR) is 133 cm³/mol. The Balaban J connectivity index is 1.67. The number of amides is 1. The molecular weight excluding hydrogens is 491 g/mol. The Hall–Kier alpha value is -3.66. The van der Waals surface area contributed by atoms with Crippen LogP contribution in [0.25, 0.3) is 22.4 Å². The van der Waals surface area contributed by atoms with Gasteiger partial charge < -0.3 is 10.1 Å². The minimum atomic E-state index is -3.02. The first-order chi connectivity index (χ1) is 17.2. The van der Waals surface area contributed by atoms with E-state index in [0.29, 0.717) is 28.0 Å². The van der Waals surface area contributed by atoms with Gasteiger partial charge in [0, 0.05) is 22.9 Å². The molecule has 1 atom stereocenters. The number of nitrogens with zero attached hydrogens (tertiary/aromatic N) is 2. The van der Waals surface area contributed by atoms with Gasteiger partial charge >= 0.3 is 12.3 Å². The maximum absolute atomic E-state index is 13.7. The van der Waals surface area contributed by atoms with Crippen LogP contribution in [-0.2, 0) is 0 Å². The monoisotopic (exact) mass is 513 g/mol. The van der Waals surface area contributed by atoms with Crippen molar-refractivity contribution in [3.8, 4) is 17.1 Å². The number of carbonyl (C=O) groups excluding carboxylic acids is 1. The number of carbonyl (C=O) groups is 1. The molecule has 186 valence electrons. The van der Waals surface area contributed by atoms with Gasteiger partial charge in [-0.15, -0.1) is 0 Å². The smallest absolute Gasteiger partial charge is 0.387 e. The van der Waals surface area contributed by atoms with Crippen molar-refractivity contribution in [1.29, 1.82) is 0 Å². The van der Waals surface area contributed by atoms with Crippen molar-refractivity contribution >= 4 is 28.7 Å². The highest BCUT2D eigenvalue weighted by Crippen LogP contribution is 2.29. The van der Waals surface area contributed by atoms with Crippen LogP contribution in [0.3, 0.4) is 0 Å². The number of thioether (sulfide) groups is 1. The van der Waals surface area contributed by atoms with Crippen LogP contribution < -0.4 is 15.7 Å². The van der Waals surface area contributed by atoms with Gasteiger partial charge in [0.05, 0.1) is 22.4 Å². The summed E-state index contributed by atoms with van der Waals surface area (Å²) in [6.45, 7) is -1.01. The van der Waals surface area contributed by atoms with Crippen LogP contribution in [0.15, 0.2) is 71.5 Å². The van der Waals surface area contributed by atoms with Gasteiger partial charge in [-0.25, -0.2) is 9.18 Å². The third-order valence-electron chi connectivity index (χ3n) is 6.12. The number of halogens is 3. The number of hydrogen-bond acceptors (Lipinski definition) is 4. The summed E-state index contributed by atoms with van der Waals surface area (Å²) in [7, 11) is 0. The summed E-state index contributed by atoms with van der Waals surface area (Å²) in [6.07, 6.45) is 0.860. The Bertz CT molecular complexity index is 1490. The zero-order valence-electron chi connectivity index (χ0n) is 19.2. The SMILES string of the molecule is CC1(NC(=O)c2ccc3c(c2)n(-c2ccc(F)cc2)c(=O)n3-c2cccc(OC(F)F)c2)CCSC1. The Morgan fingerprint density at radius 3 is 2.47 bits per heavy atom. The van der Waals surface area contributed by atoms with E-state index >= 15 is 0 Å². The van der Waals surface area contributed by atoms with E-state index in [4.69, 9.17) is 0 Å². The lowest BCUT2D eigenvalue weighted by Crippen LogP contribution is -2.45. The van der Waals surface area contributed by atoms with E-state index in [2.05, 4.69) is 10.1 Å². The van der Waals surface area contributed by atoms with E-state index in [1.54, 1.807) is 36.0 Å². The van der Waals surface area contributed by atoms with Crippen molar-refractivity contribution in [3.63, 3.8) is 0 Å². The predicted octanol–water partition coefficient (Wildman–Crippen LogP) is 5.15. The van der Waals surface area contributed by atoms with Crippen molar-refractivity contribution in [1.82, 2.24) is 14.5 Å². The van der Waals surface area contributed by atoms with Crippen molar-refractivity contribution < 1.29 is 22.7 Å². The van der Waals surface area contributed by atoms with Crippen LogP contribution in [0.4, 0.5) is 13.2 Å². The summed E-state index contributed by atoms with van der Waals surface area (Å²) >= 11 is 1.78. The molecule has 0 radical (unpaired) electrons. The average Bonchev–Trinajstić information content (AvgIpc) is 3.39. The van der Waals surface area contributed by atoms with Crippen LogP contribution in [0.2, 0.25) is 0 Å². The summed E-state index contributed by atoms with van der Waals surface area (Å²) in [5.74, 6) is 0.956. The van der Waals surface area contributed by atoms with E-state index in [0.717, 1.165) is 17.9 Å². The number of aromatic nitrogens is 2. The van der Waals surface area contributed by atoms with E-state index in [1.807, 2.05) is 6.92 Å². The van der Waals surface area contributed by atoms with Gasteiger partial charge in [0.1, 0.15) is 11.6 Å². The number of rotatable bonds is 6. The lowest BCUT2D eigenvalue weighted by atomic mass is 10.0. The molecule has 0 spiro atoms. The highest BCUT2D eigenvalue weighted by atomic mass is 32.2. The molecule has 0 aliphatic carbocycles. The summed E-state index contributed by atoms with van der Waals surface area (Å²) in [5.41, 5.74) is 1.08. The second kappa shape index (κ2) is 9.42. The Morgan fingerprint density at radius 1 is 1.03 bits per heavy atom. The second-order valence-corrected chi connectivity index (χ2v) is 9.93. The first kappa shape index (κ1) is 24.1. The van der Waals surface area contributed by atoms with Crippen LogP contribution in [0, 0.1) is 5.82 Å². The van der Waals surface area contributed by atoms with Crippen LogP contribution in [0.1, 0.15) is 23.7 Å². The zero-order valence-corrected chi connectivity index (χ0v) is 20.0. The van der Waals surface area contributed by atoms with Gasteiger partial charge in [-0.3, -0.25) is 13.9 Å². The molecular formula is C26H22F3N3O3S. The van der Waals surface area contributed by atoms with E-state index in [9.17, 15) is 22.8 Å². The normalized spacial score (nSPS) is 17.6. The summed E-state index contributed by atoms with van der Waals surface area (Å²) in [6, 6.07) is 16.0. The number of hydrogen-bond donors (Lipinski definition) is 1. The number of alkyl halides is 2. The Labute approximate surface area is 208 Å². The summed E-state index contributed by atoms with van der Waals surface area (Å²) < 4.78 is 46.4. The van der Waals surface area contributed by atoms with Crippen LogP contribution >= 0.6 is 11.8 Å². The number of ether oxygens (including phenoxy) is 1. The molecule has 1 N–H and O–H groups in total. The molecule has 0 saturated carbocycles. The Morgan fingerprint density at radius 2 is 1.78 bits per heavy atom. The second-order valence-electron chi connectivity index (χ2n) is 8.83. The molecule has 10 heteroatoms. The van der Waals surface area contributed by atoms with Crippen molar-refractivity contribution in [2.45, 2.75) is 25.5 Å². The molecule has 4 aromatic rings. The minimum absolute atomic E-state index is 0.101. The molecule has 1 saturated heterocycles. The van der Waals surface area contributed by atoms with Crippen molar-refractivity contribution in [2.75, 3.05) is 11.5 Å². The molecule has 1 aliphatic rings. The third-order valence-corrected chi connectivity index (χ3v) is 7.46. The highest BCUT2D eigenvalue weighted by molar-refractivity contribution is 7.99. The largest absolute Gasteiger partial charge is 0.435 e. The lowest BCUT2D eigenvalue weighted by molar-refractivity contribution is -0.0498. The Kier molecular flexibility index (Phi) is 6.29. The minimum Gasteiger partial charge on any atom is -0.435 e. The van der Waals surface area contributed by atoms with E-state index in [-0.39, 0.29) is 17.2 Å². The molecule has 3 aromatic carbocycles. The van der Waals surface area contributed by atoms with E-state index < -0.39 is 18.1 Å². The fraction of sp³-hybridized carbons (Fsp3) is 0.231. The first-order valence-corrected chi connectivity index (χ1v) is 12.4. The van der Waals surface area contributed by atoms with Gasteiger partial charge in [0.2, 0.25) is 0 Å². The molecule has 1 unspecified atom stereocenters. The number of imidazole rings is 1. The van der Waals surface area contributed by atoms with Crippen molar-refractivity contribution in [3.05, 3.63) is 88.6 Å². The van der Waals surface area contributed by atoms with Gasteiger partial charge in [0.25, 0.3) is 5.91 Å². The zero-order chi connectivity index (χ0) is 25.4. The average molecular weight is 514 g/mol. The molecule has 1 aliphatic heterocycles. The maximum Gasteiger partial charge on any atom is 0.387 e. The molecule has 2 heterocycles. The quantitative estimate of drug-likeness (QED) is 0.388. The fourth-order valence-corrected chi connectivity index (χ4v) is 5.75.